The van der Waals surface area contributed by atoms with E-state index in [-0.39, 0.29) is 0 Å². The van der Waals surface area contributed by atoms with Gasteiger partial charge in [0.25, 0.3) is 0 Å². The topological polar surface area (TPSA) is 40.8 Å². The maximum atomic E-state index is 5.40. The third kappa shape index (κ3) is 5.13. The first-order valence-corrected chi connectivity index (χ1v) is 9.76. The van der Waals surface area contributed by atoms with E-state index in [2.05, 4.69) is 34.8 Å². The van der Waals surface area contributed by atoms with Gasteiger partial charge in [0.15, 0.2) is 5.96 Å². The van der Waals surface area contributed by atoms with Crippen LogP contribution in [0.4, 0.5) is 0 Å². The standard InChI is InChI=1S/C19H27N3OS/c1-22(13-11-18-9-5-15-24-18)19(21-16-6-2-3-7-16)20-12-10-17-8-4-14-23-17/h4-5,8-9,14-16H,2-3,6-7,10-13H2,1H3,(H,20,21). The number of hydrogen-bond donors (Lipinski definition) is 1. The number of nitrogens with one attached hydrogen (secondary N) is 1. The molecule has 3 rings (SSSR count). The zero-order valence-electron chi connectivity index (χ0n) is 14.4. The van der Waals surface area contributed by atoms with Crippen LogP contribution in [-0.2, 0) is 12.8 Å². The third-order valence-corrected chi connectivity index (χ3v) is 5.46. The monoisotopic (exact) mass is 345 g/mol. The van der Waals surface area contributed by atoms with Crippen molar-refractivity contribution in [3.8, 4) is 0 Å². The summed E-state index contributed by atoms with van der Waals surface area (Å²) in [4.78, 5) is 8.53. The molecule has 0 aromatic carbocycles. The second kappa shape index (κ2) is 8.92. The summed E-state index contributed by atoms with van der Waals surface area (Å²) in [6, 6.07) is 8.85. The van der Waals surface area contributed by atoms with Gasteiger partial charge in [-0.2, -0.15) is 0 Å². The molecule has 1 N–H and O–H groups in total. The molecule has 0 aliphatic heterocycles. The highest BCUT2D eigenvalue weighted by molar-refractivity contribution is 7.09. The highest BCUT2D eigenvalue weighted by Crippen LogP contribution is 2.18. The summed E-state index contributed by atoms with van der Waals surface area (Å²) >= 11 is 1.83. The number of hydrogen-bond acceptors (Lipinski definition) is 3. The summed E-state index contributed by atoms with van der Waals surface area (Å²) in [7, 11) is 2.14. The van der Waals surface area contributed by atoms with Crippen molar-refractivity contribution in [1.29, 1.82) is 0 Å². The largest absolute Gasteiger partial charge is 0.469 e. The average Bonchev–Trinajstić information content (AvgIpc) is 3.34. The minimum Gasteiger partial charge on any atom is -0.469 e. The first-order chi connectivity index (χ1) is 11.8. The van der Waals surface area contributed by atoms with Crippen molar-refractivity contribution in [3.63, 3.8) is 0 Å². The van der Waals surface area contributed by atoms with Gasteiger partial charge < -0.3 is 14.6 Å². The van der Waals surface area contributed by atoms with Crippen molar-refractivity contribution >= 4 is 17.3 Å². The van der Waals surface area contributed by atoms with E-state index in [1.54, 1.807) is 6.26 Å². The molecule has 0 atom stereocenters. The maximum Gasteiger partial charge on any atom is 0.193 e. The molecule has 1 fully saturated rings. The Kier molecular flexibility index (Phi) is 6.35. The number of rotatable bonds is 7. The fourth-order valence-electron chi connectivity index (χ4n) is 3.09. The number of likely N-dealkylation sites (N-methyl/N-ethyl adjacent to an activating group) is 1. The average molecular weight is 346 g/mol. The van der Waals surface area contributed by atoms with Crippen LogP contribution in [0.15, 0.2) is 45.3 Å². The van der Waals surface area contributed by atoms with Gasteiger partial charge in [0, 0.05) is 37.5 Å². The van der Waals surface area contributed by atoms with E-state index in [9.17, 15) is 0 Å². The van der Waals surface area contributed by atoms with Crippen LogP contribution < -0.4 is 5.32 Å². The van der Waals surface area contributed by atoms with Crippen molar-refractivity contribution in [1.82, 2.24) is 10.2 Å². The molecule has 5 heteroatoms. The zero-order valence-corrected chi connectivity index (χ0v) is 15.2. The van der Waals surface area contributed by atoms with E-state index in [1.807, 2.05) is 23.5 Å². The van der Waals surface area contributed by atoms with E-state index in [0.29, 0.717) is 6.04 Å². The molecule has 0 spiro atoms. The van der Waals surface area contributed by atoms with Gasteiger partial charge in [-0.05, 0) is 42.8 Å². The molecule has 2 aromatic heterocycles. The molecule has 24 heavy (non-hydrogen) atoms. The number of nitrogens with zero attached hydrogens (tertiary/aromatic N) is 2. The molecule has 2 heterocycles. The fraction of sp³-hybridized carbons (Fsp3) is 0.526. The molecule has 0 amide bonds. The molecule has 2 aromatic rings. The predicted octanol–water partition coefficient (Wildman–Crippen LogP) is 3.95. The van der Waals surface area contributed by atoms with Gasteiger partial charge in [0.2, 0.25) is 0 Å². The molecule has 0 unspecified atom stereocenters. The molecule has 1 aliphatic carbocycles. The number of thiophene rings is 1. The lowest BCUT2D eigenvalue weighted by Crippen LogP contribution is -2.44. The van der Waals surface area contributed by atoms with Gasteiger partial charge in [-0.1, -0.05) is 18.9 Å². The van der Waals surface area contributed by atoms with E-state index < -0.39 is 0 Å². The zero-order chi connectivity index (χ0) is 16.6. The SMILES string of the molecule is CN(CCc1cccs1)C(=NCCc1ccco1)NC1CCCC1. The fourth-order valence-corrected chi connectivity index (χ4v) is 3.79. The van der Waals surface area contributed by atoms with E-state index in [4.69, 9.17) is 9.41 Å². The minimum absolute atomic E-state index is 0.580. The molecule has 4 nitrogen and oxygen atoms in total. The van der Waals surface area contributed by atoms with Gasteiger partial charge in [-0.15, -0.1) is 11.3 Å². The number of furan rings is 1. The van der Waals surface area contributed by atoms with E-state index in [1.165, 1.54) is 30.6 Å². The molecular weight excluding hydrogens is 318 g/mol. The Balaban J connectivity index is 1.56. The van der Waals surface area contributed by atoms with Crippen LogP contribution in [0.2, 0.25) is 0 Å². The van der Waals surface area contributed by atoms with Crippen LogP contribution in [0.1, 0.15) is 36.3 Å². The second-order valence-electron chi connectivity index (χ2n) is 6.41. The van der Waals surface area contributed by atoms with Crippen LogP contribution >= 0.6 is 11.3 Å². The molecule has 1 aliphatic rings. The summed E-state index contributed by atoms with van der Waals surface area (Å²) in [6.07, 6.45) is 8.82. The first kappa shape index (κ1) is 17.1. The van der Waals surface area contributed by atoms with Crippen molar-refractivity contribution in [2.45, 2.75) is 44.6 Å². The Morgan fingerprint density at radius 2 is 2.17 bits per heavy atom. The highest BCUT2D eigenvalue weighted by Gasteiger charge is 2.18. The van der Waals surface area contributed by atoms with Gasteiger partial charge in [-0.3, -0.25) is 4.99 Å². The van der Waals surface area contributed by atoms with Crippen molar-refractivity contribution < 1.29 is 4.42 Å². The van der Waals surface area contributed by atoms with Gasteiger partial charge in [0.05, 0.1) is 6.26 Å². The first-order valence-electron chi connectivity index (χ1n) is 8.88. The maximum absolute atomic E-state index is 5.40. The minimum atomic E-state index is 0.580. The Morgan fingerprint density at radius 1 is 1.29 bits per heavy atom. The Bertz CT molecular complexity index is 601. The normalized spacial score (nSPS) is 15.8. The lowest BCUT2D eigenvalue weighted by atomic mass is 10.2. The highest BCUT2D eigenvalue weighted by atomic mass is 32.1. The van der Waals surface area contributed by atoms with Crippen LogP contribution in [0, 0.1) is 0 Å². The van der Waals surface area contributed by atoms with Gasteiger partial charge in [-0.25, -0.2) is 0 Å². The van der Waals surface area contributed by atoms with Crippen molar-refractivity contribution in [3.05, 3.63) is 46.5 Å². The summed E-state index contributed by atoms with van der Waals surface area (Å²) in [5.74, 6) is 2.03. The lowest BCUT2D eigenvalue weighted by Gasteiger charge is -2.25. The lowest BCUT2D eigenvalue weighted by molar-refractivity contribution is 0.464. The van der Waals surface area contributed by atoms with Crippen molar-refractivity contribution in [2.24, 2.45) is 4.99 Å². The molecular formula is C19H27N3OS. The summed E-state index contributed by atoms with van der Waals surface area (Å²) < 4.78 is 5.40. The Morgan fingerprint density at radius 3 is 2.88 bits per heavy atom. The van der Waals surface area contributed by atoms with Crippen LogP contribution in [0.3, 0.4) is 0 Å². The van der Waals surface area contributed by atoms with Gasteiger partial charge >= 0.3 is 0 Å². The summed E-state index contributed by atoms with van der Waals surface area (Å²) in [5, 5.41) is 5.82. The van der Waals surface area contributed by atoms with Crippen LogP contribution in [0.5, 0.6) is 0 Å². The van der Waals surface area contributed by atoms with E-state index >= 15 is 0 Å². The van der Waals surface area contributed by atoms with Gasteiger partial charge in [0.1, 0.15) is 5.76 Å². The smallest absolute Gasteiger partial charge is 0.193 e. The van der Waals surface area contributed by atoms with Crippen molar-refractivity contribution in [2.75, 3.05) is 20.1 Å². The molecule has 1 saturated carbocycles. The molecule has 0 bridgehead atoms. The molecule has 0 radical (unpaired) electrons. The Labute approximate surface area is 148 Å². The van der Waals surface area contributed by atoms with Crippen LogP contribution in [0.25, 0.3) is 0 Å². The van der Waals surface area contributed by atoms with Crippen LogP contribution in [-0.4, -0.2) is 37.0 Å². The summed E-state index contributed by atoms with van der Waals surface area (Å²) in [5.41, 5.74) is 0. The summed E-state index contributed by atoms with van der Waals surface area (Å²) in [6.45, 7) is 1.74. The van der Waals surface area contributed by atoms with E-state index in [0.717, 1.165) is 37.7 Å². The predicted molar refractivity (Wildman–Crippen MR) is 101 cm³/mol. The third-order valence-electron chi connectivity index (χ3n) is 4.52. The quantitative estimate of drug-likeness (QED) is 0.610. The molecule has 130 valence electrons. The number of guanidine groups is 1. The molecule has 0 saturated heterocycles. The Hall–Kier alpha value is -1.75. The second-order valence-corrected chi connectivity index (χ2v) is 7.44. The number of aliphatic imine (C=N–C) groups is 1.